The Morgan fingerprint density at radius 3 is 1.95 bits per heavy atom. The van der Waals surface area contributed by atoms with Crippen molar-refractivity contribution < 1.29 is 0 Å². The van der Waals surface area contributed by atoms with Crippen molar-refractivity contribution in [2.75, 3.05) is 19.6 Å². The van der Waals surface area contributed by atoms with Crippen LogP contribution in [-0.4, -0.2) is 30.1 Å². The summed E-state index contributed by atoms with van der Waals surface area (Å²) < 4.78 is 0. The van der Waals surface area contributed by atoms with E-state index >= 15 is 0 Å². The first-order chi connectivity index (χ1) is 8.80. The largest absolute Gasteiger partial charge is 0.329 e. The lowest BCUT2D eigenvalue weighted by Crippen LogP contribution is -2.58. The Hall–Kier alpha value is -0.0800. The zero-order valence-electron chi connectivity index (χ0n) is 14.1. The van der Waals surface area contributed by atoms with Crippen LogP contribution in [0.4, 0.5) is 0 Å². The summed E-state index contributed by atoms with van der Waals surface area (Å²) in [5.74, 6) is 3.10. The molecule has 0 spiro atoms. The topological polar surface area (TPSA) is 29.3 Å². The lowest BCUT2D eigenvalue weighted by Gasteiger charge is -2.50. The molecule has 0 aliphatic heterocycles. The summed E-state index contributed by atoms with van der Waals surface area (Å²) in [6, 6.07) is 0. The number of nitrogens with zero attached hydrogens (tertiary/aromatic N) is 1. The van der Waals surface area contributed by atoms with E-state index in [4.69, 9.17) is 5.73 Å². The summed E-state index contributed by atoms with van der Waals surface area (Å²) in [5, 5.41) is 0. The van der Waals surface area contributed by atoms with Crippen LogP contribution in [-0.2, 0) is 0 Å². The third kappa shape index (κ3) is 4.46. The van der Waals surface area contributed by atoms with Gasteiger partial charge >= 0.3 is 0 Å². The lowest BCUT2D eigenvalue weighted by molar-refractivity contribution is 0.00588. The predicted octanol–water partition coefficient (Wildman–Crippen LogP) is 3.75. The number of nitrogens with two attached hydrogens (primary N) is 1. The van der Waals surface area contributed by atoms with E-state index in [0.717, 1.165) is 30.2 Å². The van der Waals surface area contributed by atoms with Crippen LogP contribution in [0.1, 0.15) is 60.8 Å². The lowest BCUT2D eigenvalue weighted by atomic mass is 9.70. The minimum absolute atomic E-state index is 0.264. The van der Waals surface area contributed by atoms with Crippen LogP contribution in [0.5, 0.6) is 0 Å². The molecular formula is C17H36N2. The first-order valence-corrected chi connectivity index (χ1v) is 8.26. The van der Waals surface area contributed by atoms with Crippen molar-refractivity contribution in [1.82, 2.24) is 4.90 Å². The highest BCUT2D eigenvalue weighted by Gasteiger charge is 2.41. The SMILES string of the molecule is CC(C)CN(CC(C)C)C1(CN)CCC(C)C(C)C1. The van der Waals surface area contributed by atoms with E-state index in [1.165, 1.54) is 32.4 Å². The molecule has 2 nitrogen and oxygen atoms in total. The molecule has 0 aromatic heterocycles. The average molecular weight is 268 g/mol. The third-order valence-corrected chi connectivity index (χ3v) is 4.96. The Balaban J connectivity index is 2.87. The Morgan fingerprint density at radius 2 is 1.58 bits per heavy atom. The molecular weight excluding hydrogens is 232 g/mol. The fourth-order valence-electron chi connectivity index (χ4n) is 3.63. The molecule has 0 radical (unpaired) electrons. The van der Waals surface area contributed by atoms with Gasteiger partial charge in [-0.2, -0.15) is 0 Å². The van der Waals surface area contributed by atoms with Gasteiger partial charge < -0.3 is 5.73 Å². The zero-order valence-corrected chi connectivity index (χ0v) is 14.1. The van der Waals surface area contributed by atoms with Crippen LogP contribution in [0.3, 0.4) is 0 Å². The Bertz CT molecular complexity index is 252. The van der Waals surface area contributed by atoms with Crippen molar-refractivity contribution in [3.05, 3.63) is 0 Å². The van der Waals surface area contributed by atoms with Gasteiger partial charge in [0, 0.05) is 25.2 Å². The Morgan fingerprint density at radius 1 is 1.05 bits per heavy atom. The first kappa shape index (κ1) is 17.0. The molecule has 3 atom stereocenters. The van der Waals surface area contributed by atoms with E-state index in [1.807, 2.05) is 0 Å². The third-order valence-electron chi connectivity index (χ3n) is 4.96. The van der Waals surface area contributed by atoms with Gasteiger partial charge in [0.05, 0.1) is 0 Å². The molecule has 0 aromatic carbocycles. The van der Waals surface area contributed by atoms with Crippen molar-refractivity contribution in [2.24, 2.45) is 29.4 Å². The van der Waals surface area contributed by atoms with Gasteiger partial charge in [-0.25, -0.2) is 0 Å². The van der Waals surface area contributed by atoms with Gasteiger partial charge in [0.2, 0.25) is 0 Å². The minimum Gasteiger partial charge on any atom is -0.329 e. The van der Waals surface area contributed by atoms with Crippen LogP contribution >= 0.6 is 0 Å². The van der Waals surface area contributed by atoms with Gasteiger partial charge in [-0.05, 0) is 42.9 Å². The highest BCUT2D eigenvalue weighted by atomic mass is 15.2. The molecule has 2 heteroatoms. The maximum absolute atomic E-state index is 6.26. The second-order valence-electron chi connectivity index (χ2n) is 7.82. The summed E-state index contributed by atoms with van der Waals surface area (Å²) >= 11 is 0. The molecule has 1 aliphatic carbocycles. The molecule has 0 heterocycles. The molecule has 0 amide bonds. The highest BCUT2D eigenvalue weighted by Crippen LogP contribution is 2.40. The van der Waals surface area contributed by atoms with Gasteiger partial charge in [-0.15, -0.1) is 0 Å². The van der Waals surface area contributed by atoms with E-state index in [2.05, 4.69) is 46.4 Å². The van der Waals surface area contributed by atoms with Gasteiger partial charge in [-0.3, -0.25) is 4.90 Å². The van der Waals surface area contributed by atoms with Gasteiger partial charge in [0.15, 0.2) is 0 Å². The maximum atomic E-state index is 6.26. The molecule has 0 aromatic rings. The molecule has 1 rings (SSSR count). The molecule has 0 saturated heterocycles. The maximum Gasteiger partial charge on any atom is 0.0334 e. The molecule has 2 N–H and O–H groups in total. The second-order valence-corrected chi connectivity index (χ2v) is 7.82. The number of hydrogen-bond donors (Lipinski definition) is 1. The van der Waals surface area contributed by atoms with Gasteiger partial charge in [-0.1, -0.05) is 41.5 Å². The standard InChI is InChI=1S/C17H36N2/c1-13(2)10-19(11-14(3)4)17(12-18)8-7-15(5)16(6)9-17/h13-16H,7-12,18H2,1-6H3. The van der Waals surface area contributed by atoms with Crippen molar-refractivity contribution in [2.45, 2.75) is 66.3 Å². The van der Waals surface area contributed by atoms with Crippen LogP contribution < -0.4 is 5.73 Å². The first-order valence-electron chi connectivity index (χ1n) is 8.26. The average Bonchev–Trinajstić information content (AvgIpc) is 2.31. The second kappa shape index (κ2) is 7.08. The van der Waals surface area contributed by atoms with Crippen molar-refractivity contribution in [1.29, 1.82) is 0 Å². The quantitative estimate of drug-likeness (QED) is 0.795. The van der Waals surface area contributed by atoms with Crippen LogP contribution in [0.25, 0.3) is 0 Å². The summed E-state index contributed by atoms with van der Waals surface area (Å²) in [6.07, 6.45) is 3.91. The normalized spacial score (nSPS) is 32.5. The molecule has 0 bridgehead atoms. The highest BCUT2D eigenvalue weighted by molar-refractivity contribution is 4.97. The van der Waals surface area contributed by atoms with E-state index in [1.54, 1.807) is 0 Å². The molecule has 1 fully saturated rings. The molecule has 1 aliphatic rings. The number of hydrogen-bond acceptors (Lipinski definition) is 2. The summed E-state index contributed by atoms with van der Waals surface area (Å²) in [5.41, 5.74) is 6.52. The van der Waals surface area contributed by atoms with Crippen molar-refractivity contribution >= 4 is 0 Å². The fraction of sp³-hybridized carbons (Fsp3) is 1.00. The van der Waals surface area contributed by atoms with E-state index in [9.17, 15) is 0 Å². The fourth-order valence-corrected chi connectivity index (χ4v) is 3.63. The molecule has 1 saturated carbocycles. The summed E-state index contributed by atoms with van der Waals surface area (Å²) in [7, 11) is 0. The number of rotatable bonds is 6. The van der Waals surface area contributed by atoms with E-state index in [-0.39, 0.29) is 5.54 Å². The van der Waals surface area contributed by atoms with Crippen LogP contribution in [0.15, 0.2) is 0 Å². The smallest absolute Gasteiger partial charge is 0.0334 e. The summed E-state index contributed by atoms with van der Waals surface area (Å²) in [4.78, 5) is 2.73. The minimum atomic E-state index is 0.264. The van der Waals surface area contributed by atoms with Crippen LogP contribution in [0.2, 0.25) is 0 Å². The zero-order chi connectivity index (χ0) is 14.6. The predicted molar refractivity (Wildman–Crippen MR) is 85.2 cm³/mol. The Kier molecular flexibility index (Phi) is 6.32. The molecule has 114 valence electrons. The van der Waals surface area contributed by atoms with Crippen molar-refractivity contribution in [3.63, 3.8) is 0 Å². The van der Waals surface area contributed by atoms with Gasteiger partial charge in [0.25, 0.3) is 0 Å². The van der Waals surface area contributed by atoms with Crippen molar-refractivity contribution in [3.8, 4) is 0 Å². The van der Waals surface area contributed by atoms with Crippen LogP contribution in [0, 0.1) is 23.7 Å². The van der Waals surface area contributed by atoms with Gasteiger partial charge in [0.1, 0.15) is 0 Å². The summed E-state index contributed by atoms with van der Waals surface area (Å²) in [6.45, 7) is 17.3. The van der Waals surface area contributed by atoms with E-state index < -0.39 is 0 Å². The molecule has 3 unspecified atom stereocenters. The van der Waals surface area contributed by atoms with E-state index in [0.29, 0.717) is 0 Å². The Labute approximate surface area is 121 Å². The molecule has 19 heavy (non-hydrogen) atoms. The monoisotopic (exact) mass is 268 g/mol.